The smallest absolute Gasteiger partial charge is 0.227 e. The molecule has 2 aliphatic heterocycles. The van der Waals surface area contributed by atoms with Crippen LogP contribution in [0.25, 0.3) is 0 Å². The summed E-state index contributed by atoms with van der Waals surface area (Å²) in [7, 11) is 0. The third kappa shape index (κ3) is 4.15. The first kappa shape index (κ1) is 20.7. The van der Waals surface area contributed by atoms with Crippen LogP contribution in [0, 0.1) is 17.0 Å². The Labute approximate surface area is 175 Å². The Kier molecular flexibility index (Phi) is 5.95. The van der Waals surface area contributed by atoms with E-state index in [1.807, 2.05) is 0 Å². The number of nitrogens with one attached hydrogen (secondary N) is 1. The highest BCUT2D eigenvalue weighted by atomic mass is 19.1. The minimum absolute atomic E-state index is 0.0232. The molecule has 1 amide bonds. The molecule has 4 nitrogen and oxygen atoms in total. The maximum absolute atomic E-state index is 13.3. The first-order valence-corrected chi connectivity index (χ1v) is 10.5. The maximum Gasteiger partial charge on any atom is 0.227 e. The topological polar surface area (TPSA) is 49.4 Å². The van der Waals surface area contributed by atoms with Gasteiger partial charge < -0.3 is 10.2 Å². The predicted octanol–water partition coefficient (Wildman–Crippen LogP) is 3.92. The summed E-state index contributed by atoms with van der Waals surface area (Å²) in [6, 6.07) is 12.2. The summed E-state index contributed by atoms with van der Waals surface area (Å²) < 4.78 is 26.3. The van der Waals surface area contributed by atoms with Crippen molar-refractivity contribution in [1.82, 2.24) is 10.2 Å². The molecule has 1 N–H and O–H groups in total. The second kappa shape index (κ2) is 8.64. The zero-order valence-corrected chi connectivity index (χ0v) is 16.9. The van der Waals surface area contributed by atoms with Crippen LogP contribution in [0.3, 0.4) is 0 Å². The van der Waals surface area contributed by atoms with Gasteiger partial charge in [-0.15, -0.1) is 0 Å². The lowest BCUT2D eigenvalue weighted by Gasteiger charge is -2.41. The molecule has 4 rings (SSSR count). The van der Waals surface area contributed by atoms with Gasteiger partial charge in [-0.3, -0.25) is 9.59 Å². The molecule has 2 aromatic carbocycles. The summed E-state index contributed by atoms with van der Waals surface area (Å²) in [4.78, 5) is 27.3. The second-order valence-corrected chi connectivity index (χ2v) is 8.35. The van der Waals surface area contributed by atoms with Crippen molar-refractivity contribution in [3.8, 4) is 0 Å². The number of hydrogen-bond donors (Lipinski definition) is 1. The van der Waals surface area contributed by atoms with Gasteiger partial charge in [0.05, 0.1) is 5.41 Å². The number of carbonyl (C=O) groups excluding carboxylic acids is 2. The van der Waals surface area contributed by atoms with Crippen molar-refractivity contribution in [2.24, 2.45) is 5.41 Å². The highest BCUT2D eigenvalue weighted by Gasteiger charge is 2.51. The molecule has 2 fully saturated rings. The van der Waals surface area contributed by atoms with Gasteiger partial charge in [0.25, 0.3) is 0 Å². The number of hydrogen-bond acceptors (Lipinski definition) is 3. The standard InChI is InChI=1S/C24H26F2N2O2/c25-19-7-3-17(4-8-19)21-16-27-23(30)24(21)11-14-28(15-12-24)13-1-2-22(29)18-5-9-20(26)10-6-18/h3-10,21H,1-2,11-16H2,(H,27,30)/t21-/m0/s1. The van der Waals surface area contributed by atoms with E-state index in [1.165, 1.54) is 36.4 Å². The van der Waals surface area contributed by atoms with Crippen molar-refractivity contribution in [1.29, 1.82) is 0 Å². The Morgan fingerprint density at radius 2 is 1.60 bits per heavy atom. The van der Waals surface area contributed by atoms with Crippen molar-refractivity contribution in [3.63, 3.8) is 0 Å². The molecule has 0 aliphatic carbocycles. The van der Waals surface area contributed by atoms with Crippen LogP contribution in [0.15, 0.2) is 48.5 Å². The van der Waals surface area contributed by atoms with Gasteiger partial charge in [-0.1, -0.05) is 12.1 Å². The fraction of sp³-hybridized carbons (Fsp3) is 0.417. The lowest BCUT2D eigenvalue weighted by Crippen LogP contribution is -2.46. The number of carbonyl (C=O) groups is 2. The van der Waals surface area contributed by atoms with Crippen LogP contribution in [0.4, 0.5) is 8.78 Å². The number of amides is 1. The number of ketones is 1. The van der Waals surface area contributed by atoms with Gasteiger partial charge in [0, 0.05) is 24.4 Å². The van der Waals surface area contributed by atoms with Gasteiger partial charge in [-0.2, -0.15) is 0 Å². The Hall–Kier alpha value is -2.60. The average Bonchev–Trinajstić information content (AvgIpc) is 3.06. The zero-order chi connectivity index (χ0) is 21.1. The zero-order valence-electron chi connectivity index (χ0n) is 16.9. The van der Waals surface area contributed by atoms with Crippen molar-refractivity contribution in [2.75, 3.05) is 26.2 Å². The van der Waals surface area contributed by atoms with E-state index in [0.29, 0.717) is 18.5 Å². The summed E-state index contributed by atoms with van der Waals surface area (Å²) >= 11 is 0. The average molecular weight is 412 g/mol. The molecule has 1 spiro atoms. The van der Waals surface area contributed by atoms with Gasteiger partial charge in [0.2, 0.25) is 5.91 Å². The van der Waals surface area contributed by atoms with Crippen LogP contribution < -0.4 is 5.32 Å². The Balaban J connectivity index is 1.31. The number of likely N-dealkylation sites (tertiary alicyclic amines) is 1. The molecule has 2 heterocycles. The van der Waals surface area contributed by atoms with Crippen LogP contribution in [0.5, 0.6) is 0 Å². The maximum atomic E-state index is 13.3. The van der Waals surface area contributed by atoms with Crippen LogP contribution in [-0.4, -0.2) is 42.8 Å². The third-order valence-corrected chi connectivity index (χ3v) is 6.65. The molecule has 6 heteroatoms. The van der Waals surface area contributed by atoms with Gasteiger partial charge in [-0.25, -0.2) is 8.78 Å². The summed E-state index contributed by atoms with van der Waals surface area (Å²) in [5.74, 6) is -0.426. The highest BCUT2D eigenvalue weighted by Crippen LogP contribution is 2.47. The molecule has 0 radical (unpaired) electrons. The highest BCUT2D eigenvalue weighted by molar-refractivity contribution is 5.95. The van der Waals surface area contributed by atoms with Crippen LogP contribution in [0.2, 0.25) is 0 Å². The van der Waals surface area contributed by atoms with E-state index >= 15 is 0 Å². The molecule has 0 saturated carbocycles. The summed E-state index contributed by atoms with van der Waals surface area (Å²) in [6.45, 7) is 2.99. The quantitative estimate of drug-likeness (QED) is 0.732. The molecule has 158 valence electrons. The van der Waals surface area contributed by atoms with Crippen LogP contribution in [-0.2, 0) is 4.79 Å². The van der Waals surface area contributed by atoms with Gasteiger partial charge in [0.1, 0.15) is 11.6 Å². The molecule has 0 aromatic heterocycles. The molecule has 2 saturated heterocycles. The van der Waals surface area contributed by atoms with Crippen molar-refractivity contribution in [3.05, 3.63) is 71.3 Å². The Morgan fingerprint density at radius 3 is 2.23 bits per heavy atom. The fourth-order valence-electron chi connectivity index (χ4n) is 4.85. The molecular weight excluding hydrogens is 386 g/mol. The van der Waals surface area contributed by atoms with E-state index in [0.717, 1.165) is 44.5 Å². The van der Waals surface area contributed by atoms with Crippen molar-refractivity contribution < 1.29 is 18.4 Å². The second-order valence-electron chi connectivity index (χ2n) is 8.35. The lowest BCUT2D eigenvalue weighted by molar-refractivity contribution is -0.130. The number of Topliss-reactive ketones (excluding diaryl/α,β-unsaturated/α-hetero) is 1. The molecule has 2 aliphatic rings. The van der Waals surface area contributed by atoms with E-state index < -0.39 is 5.41 Å². The van der Waals surface area contributed by atoms with Crippen LogP contribution >= 0.6 is 0 Å². The third-order valence-electron chi connectivity index (χ3n) is 6.65. The summed E-state index contributed by atoms with van der Waals surface area (Å²) in [6.07, 6.45) is 2.67. The molecule has 1 atom stereocenters. The van der Waals surface area contributed by atoms with Crippen molar-refractivity contribution in [2.45, 2.75) is 31.6 Å². The first-order valence-electron chi connectivity index (χ1n) is 10.5. The molecular formula is C24H26F2N2O2. The SMILES string of the molecule is O=C(CCCN1CCC2(CC1)C(=O)NC[C@H]2c1ccc(F)cc1)c1ccc(F)cc1. The fourth-order valence-corrected chi connectivity index (χ4v) is 4.85. The number of benzene rings is 2. The number of piperidine rings is 1. The van der Waals surface area contributed by atoms with Gasteiger partial charge in [0.15, 0.2) is 5.78 Å². The lowest BCUT2D eigenvalue weighted by atomic mass is 9.68. The van der Waals surface area contributed by atoms with Crippen molar-refractivity contribution >= 4 is 11.7 Å². The van der Waals surface area contributed by atoms with Gasteiger partial charge in [-0.05, 0) is 80.9 Å². The van der Waals surface area contributed by atoms with E-state index in [-0.39, 0.29) is 29.2 Å². The summed E-state index contributed by atoms with van der Waals surface area (Å²) in [5, 5.41) is 3.02. The molecule has 30 heavy (non-hydrogen) atoms. The van der Waals surface area contributed by atoms with E-state index in [4.69, 9.17) is 0 Å². The molecule has 0 bridgehead atoms. The minimum Gasteiger partial charge on any atom is -0.355 e. The Morgan fingerprint density at radius 1 is 1.00 bits per heavy atom. The van der Waals surface area contributed by atoms with Gasteiger partial charge >= 0.3 is 0 Å². The molecule has 2 aromatic rings. The molecule has 0 unspecified atom stereocenters. The van der Waals surface area contributed by atoms with E-state index in [1.54, 1.807) is 12.1 Å². The first-order chi connectivity index (χ1) is 14.5. The number of halogens is 2. The number of rotatable bonds is 6. The van der Waals surface area contributed by atoms with E-state index in [2.05, 4.69) is 10.2 Å². The number of nitrogens with zero attached hydrogens (tertiary/aromatic N) is 1. The monoisotopic (exact) mass is 412 g/mol. The predicted molar refractivity (Wildman–Crippen MR) is 110 cm³/mol. The van der Waals surface area contributed by atoms with E-state index in [9.17, 15) is 18.4 Å². The Bertz CT molecular complexity index is 904. The normalized spacial score (nSPS) is 21.0. The minimum atomic E-state index is -0.432. The largest absolute Gasteiger partial charge is 0.355 e. The van der Waals surface area contributed by atoms with Crippen LogP contribution in [0.1, 0.15) is 47.5 Å². The summed E-state index contributed by atoms with van der Waals surface area (Å²) in [5.41, 5.74) is 1.12.